The second-order valence-electron chi connectivity index (χ2n) is 3.71. The molecule has 0 saturated carbocycles. The molecule has 0 heterocycles. The highest BCUT2D eigenvalue weighted by Gasteiger charge is 2.00. The molecule has 4 nitrogen and oxygen atoms in total. The van der Waals surface area contributed by atoms with Crippen LogP contribution < -0.4 is 0 Å². The largest absolute Gasteiger partial charge is 0.478 e. The SMILES string of the molecule is C=C(C)C(=O)O.C=C(C)C(=O)OCCCCC. The van der Waals surface area contributed by atoms with Gasteiger partial charge in [0, 0.05) is 11.1 Å². The first-order chi connectivity index (χ1) is 7.82. The number of carboxylic acids is 1. The van der Waals surface area contributed by atoms with E-state index < -0.39 is 5.97 Å². The number of carboxylic acid groups (broad SMARTS) is 1. The van der Waals surface area contributed by atoms with E-state index in [4.69, 9.17) is 9.84 Å². The molecule has 0 fully saturated rings. The smallest absolute Gasteiger partial charge is 0.333 e. The second-order valence-corrected chi connectivity index (χ2v) is 3.71. The average Bonchev–Trinajstić information content (AvgIpc) is 2.24. The van der Waals surface area contributed by atoms with Crippen LogP contribution in [0.4, 0.5) is 0 Å². The Labute approximate surface area is 103 Å². The normalized spacial score (nSPS) is 8.65. The highest BCUT2D eigenvalue weighted by Crippen LogP contribution is 1.97. The van der Waals surface area contributed by atoms with Gasteiger partial charge in [-0.1, -0.05) is 32.9 Å². The van der Waals surface area contributed by atoms with Crippen LogP contribution in [0.2, 0.25) is 0 Å². The van der Waals surface area contributed by atoms with Crippen LogP contribution >= 0.6 is 0 Å². The number of aliphatic carboxylic acids is 1. The molecule has 0 spiro atoms. The van der Waals surface area contributed by atoms with Crippen molar-refractivity contribution in [3.05, 3.63) is 24.3 Å². The summed E-state index contributed by atoms with van der Waals surface area (Å²) in [7, 11) is 0. The number of ether oxygens (including phenoxy) is 1. The zero-order valence-electron chi connectivity index (χ0n) is 10.9. The summed E-state index contributed by atoms with van der Waals surface area (Å²) in [6.45, 7) is 12.4. The molecule has 0 aromatic rings. The van der Waals surface area contributed by atoms with Crippen LogP contribution in [-0.2, 0) is 14.3 Å². The number of unbranched alkanes of at least 4 members (excludes halogenated alkanes) is 2. The lowest BCUT2D eigenvalue weighted by Gasteiger charge is -2.02. The standard InChI is InChI=1S/C9H16O2.C4H6O2/c1-4-5-6-7-11-9(10)8(2)3;1-3(2)4(5)6/h2,4-7H2,1,3H3;1H2,2H3,(H,5,6). The van der Waals surface area contributed by atoms with Crippen LogP contribution in [0.15, 0.2) is 24.3 Å². The predicted octanol–water partition coefficient (Wildman–Crippen LogP) is 2.94. The lowest BCUT2D eigenvalue weighted by atomic mass is 10.3. The third-order valence-electron chi connectivity index (χ3n) is 1.69. The molecule has 0 amide bonds. The summed E-state index contributed by atoms with van der Waals surface area (Å²) in [5.74, 6) is -1.21. The number of carbonyl (C=O) groups is 2. The van der Waals surface area contributed by atoms with Crippen molar-refractivity contribution >= 4 is 11.9 Å². The van der Waals surface area contributed by atoms with Gasteiger partial charge in [-0.25, -0.2) is 9.59 Å². The van der Waals surface area contributed by atoms with Crippen molar-refractivity contribution in [2.45, 2.75) is 40.0 Å². The van der Waals surface area contributed by atoms with E-state index in [9.17, 15) is 9.59 Å². The first-order valence-corrected chi connectivity index (χ1v) is 5.54. The van der Waals surface area contributed by atoms with Crippen molar-refractivity contribution in [3.63, 3.8) is 0 Å². The van der Waals surface area contributed by atoms with E-state index in [0.29, 0.717) is 12.2 Å². The highest BCUT2D eigenvalue weighted by atomic mass is 16.5. The zero-order chi connectivity index (χ0) is 13.8. The molecule has 17 heavy (non-hydrogen) atoms. The van der Waals surface area contributed by atoms with E-state index >= 15 is 0 Å². The monoisotopic (exact) mass is 242 g/mol. The van der Waals surface area contributed by atoms with Crippen molar-refractivity contribution in [3.8, 4) is 0 Å². The van der Waals surface area contributed by atoms with Crippen LogP contribution in [0, 0.1) is 0 Å². The van der Waals surface area contributed by atoms with Crippen molar-refractivity contribution in [2.24, 2.45) is 0 Å². The lowest BCUT2D eigenvalue weighted by Crippen LogP contribution is -2.05. The molecular weight excluding hydrogens is 220 g/mol. The van der Waals surface area contributed by atoms with Crippen LogP contribution in [0.5, 0.6) is 0 Å². The Morgan fingerprint density at radius 1 is 1.12 bits per heavy atom. The lowest BCUT2D eigenvalue weighted by molar-refractivity contribution is -0.139. The van der Waals surface area contributed by atoms with E-state index in [1.54, 1.807) is 6.92 Å². The fourth-order valence-corrected chi connectivity index (χ4v) is 0.640. The van der Waals surface area contributed by atoms with E-state index in [1.807, 2.05) is 0 Å². The maximum absolute atomic E-state index is 10.8. The Balaban J connectivity index is 0. The molecule has 0 aliphatic carbocycles. The van der Waals surface area contributed by atoms with Gasteiger partial charge in [-0.3, -0.25) is 0 Å². The summed E-state index contributed by atoms with van der Waals surface area (Å²) >= 11 is 0. The van der Waals surface area contributed by atoms with E-state index in [-0.39, 0.29) is 11.5 Å². The van der Waals surface area contributed by atoms with Crippen molar-refractivity contribution in [2.75, 3.05) is 6.61 Å². The third kappa shape index (κ3) is 14.4. The highest BCUT2D eigenvalue weighted by molar-refractivity contribution is 5.86. The quantitative estimate of drug-likeness (QED) is 0.442. The van der Waals surface area contributed by atoms with E-state index in [0.717, 1.165) is 19.3 Å². The van der Waals surface area contributed by atoms with Crippen LogP contribution in [0.25, 0.3) is 0 Å². The second kappa shape index (κ2) is 10.9. The number of carbonyl (C=O) groups excluding carboxylic acids is 1. The van der Waals surface area contributed by atoms with E-state index in [2.05, 4.69) is 20.1 Å². The molecular formula is C13H22O4. The van der Waals surface area contributed by atoms with Gasteiger partial charge in [-0.2, -0.15) is 0 Å². The Kier molecular flexibility index (Phi) is 11.4. The molecule has 0 aliphatic heterocycles. The minimum absolute atomic E-state index is 0.176. The Morgan fingerprint density at radius 3 is 1.88 bits per heavy atom. The predicted molar refractivity (Wildman–Crippen MR) is 67.7 cm³/mol. The molecule has 0 aromatic heterocycles. The van der Waals surface area contributed by atoms with Gasteiger partial charge in [0.25, 0.3) is 0 Å². The number of esters is 1. The summed E-state index contributed by atoms with van der Waals surface area (Å²) in [5, 5.41) is 7.89. The van der Waals surface area contributed by atoms with E-state index in [1.165, 1.54) is 6.92 Å². The Morgan fingerprint density at radius 2 is 1.59 bits per heavy atom. The maximum Gasteiger partial charge on any atom is 0.333 e. The molecule has 0 atom stereocenters. The van der Waals surface area contributed by atoms with Crippen molar-refractivity contribution in [1.29, 1.82) is 0 Å². The minimum Gasteiger partial charge on any atom is -0.478 e. The van der Waals surface area contributed by atoms with Gasteiger partial charge >= 0.3 is 11.9 Å². The minimum atomic E-state index is -0.935. The fourth-order valence-electron chi connectivity index (χ4n) is 0.640. The molecule has 0 saturated heterocycles. The average molecular weight is 242 g/mol. The van der Waals surface area contributed by atoms with Gasteiger partial charge in [0.1, 0.15) is 0 Å². The molecule has 0 unspecified atom stereocenters. The van der Waals surface area contributed by atoms with Gasteiger partial charge in [0.05, 0.1) is 6.61 Å². The molecule has 0 aromatic carbocycles. The van der Waals surface area contributed by atoms with Gasteiger partial charge in [0.15, 0.2) is 0 Å². The summed E-state index contributed by atoms with van der Waals surface area (Å²) in [6.07, 6.45) is 3.21. The van der Waals surface area contributed by atoms with Crippen molar-refractivity contribution < 1.29 is 19.4 Å². The molecule has 0 bridgehead atoms. The Hall–Kier alpha value is -1.58. The number of hydrogen-bond acceptors (Lipinski definition) is 3. The molecule has 98 valence electrons. The maximum atomic E-state index is 10.8. The van der Waals surface area contributed by atoms with Gasteiger partial charge in [-0.15, -0.1) is 0 Å². The van der Waals surface area contributed by atoms with Crippen LogP contribution in [-0.4, -0.2) is 23.7 Å². The van der Waals surface area contributed by atoms with Crippen LogP contribution in [0.3, 0.4) is 0 Å². The summed E-state index contributed by atoms with van der Waals surface area (Å²) < 4.78 is 4.87. The molecule has 0 rings (SSSR count). The molecule has 0 radical (unpaired) electrons. The summed E-state index contributed by atoms with van der Waals surface area (Å²) in [6, 6.07) is 0. The summed E-state index contributed by atoms with van der Waals surface area (Å²) in [5.41, 5.74) is 0.650. The zero-order valence-corrected chi connectivity index (χ0v) is 10.9. The number of hydrogen-bond donors (Lipinski definition) is 1. The topological polar surface area (TPSA) is 63.6 Å². The number of rotatable bonds is 6. The van der Waals surface area contributed by atoms with Crippen LogP contribution in [0.1, 0.15) is 40.0 Å². The summed E-state index contributed by atoms with van der Waals surface area (Å²) in [4.78, 5) is 20.4. The molecule has 0 aliphatic rings. The van der Waals surface area contributed by atoms with Gasteiger partial charge < -0.3 is 9.84 Å². The van der Waals surface area contributed by atoms with Gasteiger partial charge in [0.2, 0.25) is 0 Å². The molecule has 4 heteroatoms. The first kappa shape index (κ1) is 17.8. The molecule has 1 N–H and O–H groups in total. The van der Waals surface area contributed by atoms with Gasteiger partial charge in [-0.05, 0) is 20.3 Å². The van der Waals surface area contributed by atoms with Crippen molar-refractivity contribution in [1.82, 2.24) is 0 Å². The fraction of sp³-hybridized carbons (Fsp3) is 0.538. The third-order valence-corrected chi connectivity index (χ3v) is 1.69. The Bertz CT molecular complexity index is 267. The first-order valence-electron chi connectivity index (χ1n) is 5.54.